The third-order valence-electron chi connectivity index (χ3n) is 2.61. The lowest BCUT2D eigenvalue weighted by atomic mass is 10.2. The van der Waals surface area contributed by atoms with Crippen molar-refractivity contribution in [3.05, 3.63) is 52.0 Å². The highest BCUT2D eigenvalue weighted by atomic mass is 35.5. The Balaban J connectivity index is 2.32. The van der Waals surface area contributed by atoms with Gasteiger partial charge in [0.2, 0.25) is 0 Å². The quantitative estimate of drug-likeness (QED) is 0.902. The molecular weight excluding hydrogens is 301 g/mol. The first-order valence-corrected chi connectivity index (χ1v) is 6.40. The Hall–Kier alpha value is -1.91. The Morgan fingerprint density at radius 3 is 2.50 bits per heavy atom. The molecule has 0 saturated heterocycles. The normalized spacial score (nSPS) is 10.2. The van der Waals surface area contributed by atoms with Crippen LogP contribution in [-0.4, -0.2) is 18.1 Å². The first-order chi connectivity index (χ1) is 9.51. The monoisotopic (exact) mass is 311 g/mol. The van der Waals surface area contributed by atoms with Crippen LogP contribution in [0.2, 0.25) is 10.0 Å². The Morgan fingerprint density at radius 1 is 1.15 bits per heavy atom. The number of phenols is 1. The van der Waals surface area contributed by atoms with Crippen LogP contribution in [0.25, 0.3) is 0 Å². The number of ether oxygens (including phenoxy) is 1. The number of rotatable bonds is 3. The molecule has 0 radical (unpaired) electrons. The second-order valence-corrected chi connectivity index (χ2v) is 4.83. The fourth-order valence-corrected chi connectivity index (χ4v) is 2.00. The van der Waals surface area contributed by atoms with Crippen molar-refractivity contribution >= 4 is 34.8 Å². The summed E-state index contributed by atoms with van der Waals surface area (Å²) in [6.07, 6.45) is 0. The van der Waals surface area contributed by atoms with Crippen LogP contribution < -0.4 is 10.1 Å². The second kappa shape index (κ2) is 6.03. The molecule has 0 bridgehead atoms. The van der Waals surface area contributed by atoms with Gasteiger partial charge in [0.15, 0.2) is 0 Å². The van der Waals surface area contributed by atoms with E-state index in [1.54, 1.807) is 18.2 Å². The summed E-state index contributed by atoms with van der Waals surface area (Å²) in [4.78, 5) is 12.1. The molecule has 0 fully saturated rings. The molecule has 4 nitrogen and oxygen atoms in total. The molecule has 2 aromatic carbocycles. The van der Waals surface area contributed by atoms with Gasteiger partial charge in [-0.05, 0) is 36.4 Å². The zero-order valence-electron chi connectivity index (χ0n) is 10.5. The largest absolute Gasteiger partial charge is 0.507 e. The molecule has 2 rings (SSSR count). The highest BCUT2D eigenvalue weighted by Crippen LogP contribution is 2.29. The van der Waals surface area contributed by atoms with Gasteiger partial charge in [-0.3, -0.25) is 4.79 Å². The van der Waals surface area contributed by atoms with Crippen molar-refractivity contribution in [1.82, 2.24) is 0 Å². The van der Waals surface area contributed by atoms with Gasteiger partial charge in [-0.1, -0.05) is 23.2 Å². The van der Waals surface area contributed by atoms with E-state index in [1.165, 1.54) is 25.3 Å². The predicted molar refractivity (Wildman–Crippen MR) is 79.1 cm³/mol. The zero-order chi connectivity index (χ0) is 14.7. The van der Waals surface area contributed by atoms with Gasteiger partial charge in [-0.2, -0.15) is 0 Å². The van der Waals surface area contributed by atoms with Crippen LogP contribution in [0.3, 0.4) is 0 Å². The maximum absolute atomic E-state index is 12.1. The molecule has 104 valence electrons. The summed E-state index contributed by atoms with van der Waals surface area (Å²) in [5.74, 6) is -0.206. The topological polar surface area (TPSA) is 58.6 Å². The second-order valence-electron chi connectivity index (χ2n) is 3.96. The van der Waals surface area contributed by atoms with Crippen molar-refractivity contribution < 1.29 is 14.6 Å². The average molecular weight is 312 g/mol. The van der Waals surface area contributed by atoms with Gasteiger partial charge in [-0.25, -0.2) is 0 Å². The highest BCUT2D eigenvalue weighted by molar-refractivity contribution is 6.31. The van der Waals surface area contributed by atoms with Crippen LogP contribution in [0.5, 0.6) is 11.5 Å². The minimum atomic E-state index is -0.509. The number of methoxy groups -OCH3 is 1. The molecule has 0 spiro atoms. The van der Waals surface area contributed by atoms with E-state index in [1.807, 2.05) is 0 Å². The molecule has 0 aliphatic rings. The third kappa shape index (κ3) is 3.15. The van der Waals surface area contributed by atoms with Crippen molar-refractivity contribution in [3.63, 3.8) is 0 Å². The number of benzene rings is 2. The lowest BCUT2D eigenvalue weighted by Gasteiger charge is -2.11. The van der Waals surface area contributed by atoms with Crippen LogP contribution in [0.15, 0.2) is 36.4 Å². The highest BCUT2D eigenvalue weighted by Gasteiger charge is 2.14. The minimum Gasteiger partial charge on any atom is -0.507 e. The van der Waals surface area contributed by atoms with Crippen LogP contribution in [0.4, 0.5) is 5.69 Å². The SMILES string of the molecule is COc1ccc(Cl)cc1NC(=O)c1cc(Cl)ccc1O. The summed E-state index contributed by atoms with van der Waals surface area (Å²) in [6.45, 7) is 0. The van der Waals surface area contributed by atoms with E-state index >= 15 is 0 Å². The molecule has 0 saturated carbocycles. The van der Waals surface area contributed by atoms with Crippen molar-refractivity contribution in [3.8, 4) is 11.5 Å². The molecule has 20 heavy (non-hydrogen) atoms. The average Bonchev–Trinajstić information content (AvgIpc) is 2.41. The Morgan fingerprint density at radius 2 is 1.80 bits per heavy atom. The first-order valence-electron chi connectivity index (χ1n) is 5.64. The van der Waals surface area contributed by atoms with Gasteiger partial charge < -0.3 is 15.2 Å². The molecule has 6 heteroatoms. The molecule has 0 unspecified atom stereocenters. The summed E-state index contributed by atoms with van der Waals surface area (Å²) < 4.78 is 5.13. The molecule has 0 aliphatic carbocycles. The molecule has 0 atom stereocenters. The van der Waals surface area contributed by atoms with Gasteiger partial charge in [0.25, 0.3) is 5.91 Å². The number of amides is 1. The number of carbonyl (C=O) groups is 1. The molecule has 2 N–H and O–H groups in total. The smallest absolute Gasteiger partial charge is 0.259 e. The molecule has 1 amide bonds. The number of carbonyl (C=O) groups excluding carboxylic acids is 1. The summed E-state index contributed by atoms with van der Waals surface area (Å²) in [5.41, 5.74) is 0.476. The van der Waals surface area contributed by atoms with Gasteiger partial charge in [0.1, 0.15) is 11.5 Å². The number of aromatic hydroxyl groups is 1. The number of phenolic OH excluding ortho intramolecular Hbond substituents is 1. The molecular formula is C14H11Cl2NO3. The van der Waals surface area contributed by atoms with Crippen LogP contribution in [0, 0.1) is 0 Å². The van der Waals surface area contributed by atoms with E-state index in [0.717, 1.165) is 0 Å². The van der Waals surface area contributed by atoms with E-state index in [9.17, 15) is 9.90 Å². The van der Waals surface area contributed by atoms with Crippen LogP contribution in [0.1, 0.15) is 10.4 Å². The van der Waals surface area contributed by atoms with Gasteiger partial charge in [0, 0.05) is 10.0 Å². The Kier molecular flexibility index (Phi) is 4.37. The molecule has 0 heterocycles. The molecule has 0 aliphatic heterocycles. The molecule has 2 aromatic rings. The van der Waals surface area contributed by atoms with Gasteiger partial charge in [-0.15, -0.1) is 0 Å². The summed E-state index contributed by atoms with van der Waals surface area (Å²) in [5, 5.41) is 13.1. The Labute approximate surface area is 125 Å². The fourth-order valence-electron chi connectivity index (χ4n) is 1.66. The number of hydrogen-bond acceptors (Lipinski definition) is 3. The Bertz CT molecular complexity index is 659. The standard InChI is InChI=1S/C14H11Cl2NO3/c1-20-13-5-3-9(16)7-11(13)17-14(19)10-6-8(15)2-4-12(10)18/h2-7,18H,1H3,(H,17,19). The van der Waals surface area contributed by atoms with Crippen LogP contribution >= 0.6 is 23.2 Å². The van der Waals surface area contributed by atoms with E-state index in [-0.39, 0.29) is 11.3 Å². The summed E-state index contributed by atoms with van der Waals surface area (Å²) in [6, 6.07) is 9.06. The maximum Gasteiger partial charge on any atom is 0.259 e. The lowest BCUT2D eigenvalue weighted by molar-refractivity contribution is 0.102. The van der Waals surface area contributed by atoms with Crippen LogP contribution in [-0.2, 0) is 0 Å². The zero-order valence-corrected chi connectivity index (χ0v) is 12.0. The van der Waals surface area contributed by atoms with E-state index in [0.29, 0.717) is 21.5 Å². The minimum absolute atomic E-state index is 0.0690. The lowest BCUT2D eigenvalue weighted by Crippen LogP contribution is -2.13. The number of hydrogen-bond donors (Lipinski definition) is 2. The summed E-state index contributed by atoms with van der Waals surface area (Å²) in [7, 11) is 1.48. The molecule has 0 aromatic heterocycles. The third-order valence-corrected chi connectivity index (χ3v) is 3.08. The number of anilines is 1. The van der Waals surface area contributed by atoms with Crippen molar-refractivity contribution in [2.45, 2.75) is 0 Å². The number of nitrogens with one attached hydrogen (secondary N) is 1. The maximum atomic E-state index is 12.1. The fraction of sp³-hybridized carbons (Fsp3) is 0.0714. The number of halogens is 2. The van der Waals surface area contributed by atoms with Gasteiger partial charge in [0.05, 0.1) is 18.4 Å². The summed E-state index contributed by atoms with van der Waals surface area (Å²) >= 11 is 11.7. The first kappa shape index (κ1) is 14.5. The van der Waals surface area contributed by atoms with E-state index in [2.05, 4.69) is 5.32 Å². The van der Waals surface area contributed by atoms with Crippen molar-refractivity contribution in [1.29, 1.82) is 0 Å². The van der Waals surface area contributed by atoms with E-state index in [4.69, 9.17) is 27.9 Å². The predicted octanol–water partition coefficient (Wildman–Crippen LogP) is 3.96. The van der Waals surface area contributed by atoms with Crippen molar-refractivity contribution in [2.75, 3.05) is 12.4 Å². The van der Waals surface area contributed by atoms with Crippen molar-refractivity contribution in [2.24, 2.45) is 0 Å². The van der Waals surface area contributed by atoms with Gasteiger partial charge >= 0.3 is 0 Å². The van der Waals surface area contributed by atoms with E-state index < -0.39 is 5.91 Å².